The number of rotatable bonds is 5. The zero-order valence-corrected chi connectivity index (χ0v) is 14.9. The molecule has 0 atom stereocenters. The third-order valence-electron chi connectivity index (χ3n) is 4.55. The van der Waals surface area contributed by atoms with Gasteiger partial charge in [0.25, 0.3) is 0 Å². The van der Waals surface area contributed by atoms with Gasteiger partial charge in [0.05, 0.1) is 24.4 Å². The standard InChI is InChI=1S/C20H18N4O3/c1-24-18-16(11-22-24)15-9-13(20(25)26)5-8-17(15)23-19(18)21-10-12-3-6-14(27-2)7-4-12/h3-9,11H,10H2,1-2H3,(H,21,23)(H,25,26). The third kappa shape index (κ3) is 3.03. The minimum absolute atomic E-state index is 0.230. The summed E-state index contributed by atoms with van der Waals surface area (Å²) in [5.41, 5.74) is 2.87. The number of carbonyl (C=O) groups is 1. The predicted molar refractivity (Wildman–Crippen MR) is 103 cm³/mol. The number of nitrogens with one attached hydrogen (secondary N) is 1. The lowest BCUT2D eigenvalue weighted by Gasteiger charge is -2.11. The second-order valence-electron chi connectivity index (χ2n) is 6.23. The molecular weight excluding hydrogens is 344 g/mol. The molecule has 0 amide bonds. The first-order valence-corrected chi connectivity index (χ1v) is 8.42. The minimum atomic E-state index is -0.962. The summed E-state index contributed by atoms with van der Waals surface area (Å²) < 4.78 is 6.93. The number of hydrogen-bond acceptors (Lipinski definition) is 5. The number of nitrogens with zero attached hydrogens (tertiary/aromatic N) is 3. The highest BCUT2D eigenvalue weighted by Crippen LogP contribution is 2.30. The van der Waals surface area contributed by atoms with Crippen LogP contribution in [-0.4, -0.2) is 33.0 Å². The molecule has 0 fully saturated rings. The van der Waals surface area contributed by atoms with Crippen LogP contribution in [0.3, 0.4) is 0 Å². The number of pyridine rings is 1. The summed E-state index contributed by atoms with van der Waals surface area (Å²) in [6, 6.07) is 12.7. The van der Waals surface area contributed by atoms with E-state index in [1.807, 2.05) is 31.3 Å². The van der Waals surface area contributed by atoms with Crippen molar-refractivity contribution >= 4 is 33.6 Å². The number of fused-ring (bicyclic) bond motifs is 3. The number of aryl methyl sites for hydroxylation is 1. The number of benzene rings is 2. The van der Waals surface area contributed by atoms with Crippen LogP contribution in [-0.2, 0) is 13.6 Å². The van der Waals surface area contributed by atoms with Crippen LogP contribution in [0.15, 0.2) is 48.7 Å². The lowest BCUT2D eigenvalue weighted by molar-refractivity contribution is 0.0697. The molecular formula is C20H18N4O3. The van der Waals surface area contributed by atoms with Crippen LogP contribution in [0, 0.1) is 0 Å². The molecule has 0 spiro atoms. The molecule has 0 aliphatic rings. The van der Waals surface area contributed by atoms with Crippen molar-refractivity contribution in [2.24, 2.45) is 7.05 Å². The van der Waals surface area contributed by atoms with Gasteiger partial charge in [-0.15, -0.1) is 0 Å². The summed E-state index contributed by atoms with van der Waals surface area (Å²) in [6.45, 7) is 0.593. The van der Waals surface area contributed by atoms with Crippen LogP contribution in [0.1, 0.15) is 15.9 Å². The van der Waals surface area contributed by atoms with E-state index in [-0.39, 0.29) is 5.56 Å². The fraction of sp³-hybridized carbons (Fsp3) is 0.150. The monoisotopic (exact) mass is 362 g/mol. The highest BCUT2D eigenvalue weighted by molar-refractivity contribution is 6.10. The van der Waals surface area contributed by atoms with Crippen molar-refractivity contribution in [1.82, 2.24) is 14.8 Å². The van der Waals surface area contributed by atoms with Crippen LogP contribution < -0.4 is 10.1 Å². The molecule has 0 bridgehead atoms. The summed E-state index contributed by atoms with van der Waals surface area (Å²) in [5.74, 6) is 0.554. The molecule has 4 aromatic rings. The Kier molecular flexibility index (Phi) is 4.12. The number of aromatic nitrogens is 3. The molecule has 27 heavy (non-hydrogen) atoms. The smallest absolute Gasteiger partial charge is 0.335 e. The molecule has 4 rings (SSSR count). The zero-order chi connectivity index (χ0) is 19.0. The first-order valence-electron chi connectivity index (χ1n) is 8.42. The topological polar surface area (TPSA) is 89.3 Å². The molecule has 7 heteroatoms. The Morgan fingerprint density at radius 1 is 1.19 bits per heavy atom. The molecule has 0 unspecified atom stereocenters. The van der Waals surface area contributed by atoms with Crippen molar-refractivity contribution in [3.05, 3.63) is 59.8 Å². The van der Waals surface area contributed by atoms with E-state index >= 15 is 0 Å². The van der Waals surface area contributed by atoms with Gasteiger partial charge in [-0.25, -0.2) is 9.78 Å². The van der Waals surface area contributed by atoms with E-state index in [9.17, 15) is 9.90 Å². The van der Waals surface area contributed by atoms with Crippen LogP contribution in [0.25, 0.3) is 21.8 Å². The SMILES string of the molecule is COc1ccc(CNc2nc3ccc(C(=O)O)cc3c3cnn(C)c23)cc1. The summed E-state index contributed by atoms with van der Waals surface area (Å²) in [4.78, 5) is 16.0. The lowest BCUT2D eigenvalue weighted by atomic mass is 10.1. The summed E-state index contributed by atoms with van der Waals surface area (Å²) in [5, 5.41) is 18.6. The Morgan fingerprint density at radius 2 is 1.96 bits per heavy atom. The molecule has 2 N–H and O–H groups in total. The maximum absolute atomic E-state index is 11.3. The fourth-order valence-corrected chi connectivity index (χ4v) is 3.12. The molecule has 0 saturated carbocycles. The van der Waals surface area contributed by atoms with Crippen molar-refractivity contribution in [1.29, 1.82) is 0 Å². The fourth-order valence-electron chi connectivity index (χ4n) is 3.12. The van der Waals surface area contributed by atoms with Gasteiger partial charge >= 0.3 is 5.97 Å². The van der Waals surface area contributed by atoms with E-state index < -0.39 is 5.97 Å². The maximum atomic E-state index is 11.3. The van der Waals surface area contributed by atoms with E-state index in [1.165, 1.54) is 0 Å². The molecule has 2 heterocycles. The minimum Gasteiger partial charge on any atom is -0.497 e. The third-order valence-corrected chi connectivity index (χ3v) is 4.55. The van der Waals surface area contributed by atoms with Gasteiger partial charge in [0, 0.05) is 24.4 Å². The quantitative estimate of drug-likeness (QED) is 0.565. The number of anilines is 1. The summed E-state index contributed by atoms with van der Waals surface area (Å²) >= 11 is 0. The Balaban J connectivity index is 1.75. The number of carboxylic acid groups (broad SMARTS) is 1. The molecule has 2 aromatic carbocycles. The number of carboxylic acids is 1. The number of hydrogen-bond donors (Lipinski definition) is 2. The second-order valence-corrected chi connectivity index (χ2v) is 6.23. The van der Waals surface area contributed by atoms with Crippen LogP contribution in [0.5, 0.6) is 5.75 Å². The van der Waals surface area contributed by atoms with Crippen LogP contribution in [0.2, 0.25) is 0 Å². The average Bonchev–Trinajstić information content (AvgIpc) is 3.08. The van der Waals surface area contributed by atoms with E-state index in [0.717, 1.165) is 33.1 Å². The van der Waals surface area contributed by atoms with E-state index in [0.29, 0.717) is 12.4 Å². The normalized spacial score (nSPS) is 11.0. The van der Waals surface area contributed by atoms with Gasteiger partial charge in [-0.1, -0.05) is 12.1 Å². The molecule has 0 radical (unpaired) electrons. The van der Waals surface area contributed by atoms with Gasteiger partial charge in [-0.05, 0) is 35.9 Å². The second kappa shape index (κ2) is 6.60. The van der Waals surface area contributed by atoms with E-state index in [1.54, 1.807) is 36.2 Å². The van der Waals surface area contributed by atoms with Gasteiger partial charge in [-0.3, -0.25) is 4.68 Å². The van der Waals surface area contributed by atoms with Gasteiger partial charge < -0.3 is 15.2 Å². The number of aromatic carboxylic acids is 1. The van der Waals surface area contributed by atoms with Gasteiger partial charge in [0.2, 0.25) is 0 Å². The van der Waals surface area contributed by atoms with Gasteiger partial charge in [-0.2, -0.15) is 5.10 Å². The van der Waals surface area contributed by atoms with Crippen LogP contribution in [0.4, 0.5) is 5.82 Å². The first-order chi connectivity index (χ1) is 13.1. The van der Waals surface area contributed by atoms with Crippen molar-refractivity contribution in [2.45, 2.75) is 6.54 Å². The number of methoxy groups -OCH3 is 1. The molecule has 2 aromatic heterocycles. The van der Waals surface area contributed by atoms with Crippen LogP contribution >= 0.6 is 0 Å². The maximum Gasteiger partial charge on any atom is 0.335 e. The average molecular weight is 362 g/mol. The Bertz CT molecular complexity index is 1150. The van der Waals surface area contributed by atoms with Crippen molar-refractivity contribution in [3.63, 3.8) is 0 Å². The van der Waals surface area contributed by atoms with Crippen molar-refractivity contribution in [2.75, 3.05) is 12.4 Å². The Morgan fingerprint density at radius 3 is 2.67 bits per heavy atom. The summed E-state index contributed by atoms with van der Waals surface area (Å²) in [6.07, 6.45) is 1.74. The molecule has 7 nitrogen and oxygen atoms in total. The molecule has 0 aliphatic carbocycles. The van der Waals surface area contributed by atoms with Crippen molar-refractivity contribution in [3.8, 4) is 5.75 Å². The predicted octanol–water partition coefficient (Wildman–Crippen LogP) is 3.44. The zero-order valence-electron chi connectivity index (χ0n) is 14.9. The molecule has 0 aliphatic heterocycles. The van der Waals surface area contributed by atoms with E-state index in [2.05, 4.69) is 10.4 Å². The van der Waals surface area contributed by atoms with E-state index in [4.69, 9.17) is 9.72 Å². The Labute approximate surface area is 155 Å². The molecule has 136 valence electrons. The first kappa shape index (κ1) is 16.8. The van der Waals surface area contributed by atoms with Gasteiger partial charge in [0.15, 0.2) is 5.82 Å². The lowest BCUT2D eigenvalue weighted by Crippen LogP contribution is -2.05. The summed E-state index contributed by atoms with van der Waals surface area (Å²) in [7, 11) is 3.48. The highest BCUT2D eigenvalue weighted by atomic mass is 16.5. The van der Waals surface area contributed by atoms with Crippen molar-refractivity contribution < 1.29 is 14.6 Å². The Hall–Kier alpha value is -3.61. The molecule has 0 saturated heterocycles. The largest absolute Gasteiger partial charge is 0.497 e. The highest BCUT2D eigenvalue weighted by Gasteiger charge is 2.14. The van der Waals surface area contributed by atoms with Gasteiger partial charge in [0.1, 0.15) is 11.3 Å². The number of ether oxygens (including phenoxy) is 1.